The summed E-state index contributed by atoms with van der Waals surface area (Å²) in [5, 5.41) is 3.89. The predicted octanol–water partition coefficient (Wildman–Crippen LogP) is 3.66. The van der Waals surface area contributed by atoms with Gasteiger partial charge in [0.05, 0.1) is 10.0 Å². The van der Waals surface area contributed by atoms with E-state index in [0.717, 1.165) is 19.8 Å². The van der Waals surface area contributed by atoms with Gasteiger partial charge in [0.2, 0.25) is 0 Å². The summed E-state index contributed by atoms with van der Waals surface area (Å²) in [5.74, 6) is 0.420. The number of carbonyl (C=O) groups is 1. The highest BCUT2D eigenvalue weighted by Crippen LogP contribution is 2.20. The number of hydrogen-bond acceptors (Lipinski definition) is 4. The van der Waals surface area contributed by atoms with Gasteiger partial charge in [-0.1, -0.05) is 17.7 Å². The number of thiophene rings is 1. The Kier molecular flexibility index (Phi) is 5.52. The van der Waals surface area contributed by atoms with E-state index >= 15 is 0 Å². The van der Waals surface area contributed by atoms with Crippen molar-refractivity contribution in [1.29, 1.82) is 0 Å². The number of carbonyl (C=O) groups excluding carboxylic acids is 1. The molecule has 21 heavy (non-hydrogen) atoms. The molecule has 1 heterocycles. The Bertz CT molecular complexity index is 667. The van der Waals surface area contributed by atoms with Crippen molar-refractivity contribution in [3.8, 4) is 5.75 Å². The first kappa shape index (κ1) is 15.7. The molecule has 110 valence electrons. The first-order chi connectivity index (χ1) is 10.0. The van der Waals surface area contributed by atoms with Gasteiger partial charge in [-0.25, -0.2) is 5.43 Å². The average molecular weight is 367 g/mol. The van der Waals surface area contributed by atoms with E-state index in [9.17, 15) is 4.79 Å². The molecule has 0 aliphatic rings. The van der Waals surface area contributed by atoms with Crippen LogP contribution in [-0.2, 0) is 4.79 Å². The van der Waals surface area contributed by atoms with Gasteiger partial charge < -0.3 is 4.74 Å². The summed E-state index contributed by atoms with van der Waals surface area (Å²) in [6.07, 6.45) is 1.60. The molecule has 2 aromatic rings. The van der Waals surface area contributed by atoms with E-state index in [1.165, 1.54) is 11.3 Å². The van der Waals surface area contributed by atoms with Gasteiger partial charge in [-0.15, -0.1) is 11.3 Å². The maximum absolute atomic E-state index is 11.6. The normalized spacial score (nSPS) is 10.8. The number of nitrogens with one attached hydrogen (secondary N) is 1. The Balaban J connectivity index is 1.81. The molecular formula is C15H15BrN2O2S. The van der Waals surface area contributed by atoms with E-state index in [2.05, 4.69) is 26.5 Å². The van der Waals surface area contributed by atoms with E-state index < -0.39 is 0 Å². The lowest BCUT2D eigenvalue weighted by Crippen LogP contribution is -2.24. The Morgan fingerprint density at radius 2 is 2.19 bits per heavy atom. The van der Waals surface area contributed by atoms with Crippen LogP contribution in [0.1, 0.15) is 16.0 Å². The highest BCUT2D eigenvalue weighted by molar-refractivity contribution is 9.11. The number of hydrazone groups is 1. The van der Waals surface area contributed by atoms with Gasteiger partial charge >= 0.3 is 0 Å². The second kappa shape index (κ2) is 7.38. The molecule has 0 fully saturated rings. The van der Waals surface area contributed by atoms with Crippen LogP contribution in [0.5, 0.6) is 5.75 Å². The smallest absolute Gasteiger partial charge is 0.277 e. The first-order valence-electron chi connectivity index (χ1n) is 6.32. The fraction of sp³-hybridized carbons (Fsp3) is 0.200. The van der Waals surface area contributed by atoms with Crippen LogP contribution in [0.3, 0.4) is 0 Å². The van der Waals surface area contributed by atoms with Gasteiger partial charge in [0.25, 0.3) is 5.91 Å². The van der Waals surface area contributed by atoms with Gasteiger partial charge in [-0.2, -0.15) is 5.10 Å². The Hall–Kier alpha value is -1.66. The van der Waals surface area contributed by atoms with E-state index in [1.807, 2.05) is 44.2 Å². The van der Waals surface area contributed by atoms with Crippen molar-refractivity contribution in [3.63, 3.8) is 0 Å². The number of ether oxygens (including phenoxy) is 1. The van der Waals surface area contributed by atoms with Crippen LogP contribution in [0.25, 0.3) is 0 Å². The molecule has 6 heteroatoms. The molecule has 1 aromatic carbocycles. The third-order valence-electron chi connectivity index (χ3n) is 2.66. The molecule has 4 nitrogen and oxygen atoms in total. The van der Waals surface area contributed by atoms with E-state index in [4.69, 9.17) is 4.74 Å². The monoisotopic (exact) mass is 366 g/mol. The van der Waals surface area contributed by atoms with Crippen LogP contribution < -0.4 is 10.2 Å². The zero-order chi connectivity index (χ0) is 15.2. The fourth-order valence-corrected chi connectivity index (χ4v) is 3.00. The molecule has 0 bridgehead atoms. The minimum Gasteiger partial charge on any atom is -0.483 e. The summed E-state index contributed by atoms with van der Waals surface area (Å²) in [4.78, 5) is 12.6. The van der Waals surface area contributed by atoms with E-state index in [1.54, 1.807) is 6.21 Å². The Labute approximate surface area is 136 Å². The lowest BCUT2D eigenvalue weighted by atomic mass is 10.1. The molecule has 0 spiro atoms. The van der Waals surface area contributed by atoms with Crippen LogP contribution >= 0.6 is 27.3 Å². The minimum absolute atomic E-state index is 0.0601. The SMILES string of the molecule is Cc1ccc(OCC(=O)N/N=C/c2ccc(Br)s2)c(C)c1. The highest BCUT2D eigenvalue weighted by atomic mass is 79.9. The number of aryl methyl sites for hydroxylation is 2. The minimum atomic E-state index is -0.290. The van der Waals surface area contributed by atoms with Crippen molar-refractivity contribution in [2.75, 3.05) is 6.61 Å². The molecule has 0 aliphatic heterocycles. The second-order valence-electron chi connectivity index (χ2n) is 4.49. The van der Waals surface area contributed by atoms with Crippen molar-refractivity contribution in [3.05, 3.63) is 50.1 Å². The molecular weight excluding hydrogens is 352 g/mol. The number of hydrogen-bond donors (Lipinski definition) is 1. The highest BCUT2D eigenvalue weighted by Gasteiger charge is 2.04. The number of benzene rings is 1. The third kappa shape index (κ3) is 4.99. The molecule has 0 saturated heterocycles. The molecule has 1 aromatic heterocycles. The molecule has 2 rings (SSSR count). The number of rotatable bonds is 5. The molecule has 0 atom stereocenters. The summed E-state index contributed by atoms with van der Waals surface area (Å²) in [6, 6.07) is 9.67. The van der Waals surface area contributed by atoms with Crippen molar-refractivity contribution >= 4 is 39.4 Å². The lowest BCUT2D eigenvalue weighted by Gasteiger charge is -2.08. The summed E-state index contributed by atoms with van der Waals surface area (Å²) < 4.78 is 6.49. The van der Waals surface area contributed by atoms with Crippen LogP contribution in [0.15, 0.2) is 39.2 Å². The summed E-state index contributed by atoms with van der Waals surface area (Å²) in [7, 11) is 0. The van der Waals surface area contributed by atoms with Gasteiger partial charge in [-0.05, 0) is 53.5 Å². The Morgan fingerprint density at radius 1 is 1.38 bits per heavy atom. The largest absolute Gasteiger partial charge is 0.483 e. The van der Waals surface area contributed by atoms with Crippen LogP contribution in [-0.4, -0.2) is 18.7 Å². The summed E-state index contributed by atoms with van der Waals surface area (Å²) in [5.41, 5.74) is 4.61. The molecule has 1 N–H and O–H groups in total. The summed E-state index contributed by atoms with van der Waals surface area (Å²) >= 11 is 4.90. The molecule has 0 aliphatic carbocycles. The average Bonchev–Trinajstić information content (AvgIpc) is 2.83. The van der Waals surface area contributed by atoms with Crippen LogP contribution in [0.4, 0.5) is 0 Å². The van der Waals surface area contributed by atoms with Crippen LogP contribution in [0, 0.1) is 13.8 Å². The van der Waals surface area contributed by atoms with Crippen molar-refractivity contribution in [1.82, 2.24) is 5.43 Å². The zero-order valence-corrected chi connectivity index (χ0v) is 14.1. The maximum atomic E-state index is 11.6. The van der Waals surface area contributed by atoms with E-state index in [0.29, 0.717) is 5.75 Å². The topological polar surface area (TPSA) is 50.7 Å². The van der Waals surface area contributed by atoms with Crippen LogP contribution in [0.2, 0.25) is 0 Å². The standard InChI is InChI=1S/C15H15BrN2O2S/c1-10-3-5-13(11(2)7-10)20-9-15(19)18-17-8-12-4-6-14(16)21-12/h3-8H,9H2,1-2H3,(H,18,19)/b17-8+. The van der Waals surface area contributed by atoms with Gasteiger partial charge in [0.1, 0.15) is 5.75 Å². The molecule has 1 amide bonds. The third-order valence-corrected chi connectivity index (χ3v) is 4.22. The van der Waals surface area contributed by atoms with Crippen molar-refractivity contribution in [2.24, 2.45) is 5.10 Å². The van der Waals surface area contributed by atoms with Gasteiger partial charge in [0, 0.05) is 4.88 Å². The molecule has 0 unspecified atom stereocenters. The molecule has 0 radical (unpaired) electrons. The van der Waals surface area contributed by atoms with Crippen molar-refractivity contribution in [2.45, 2.75) is 13.8 Å². The second-order valence-corrected chi connectivity index (χ2v) is 6.99. The van der Waals surface area contributed by atoms with Gasteiger partial charge in [0.15, 0.2) is 6.61 Å². The van der Waals surface area contributed by atoms with Gasteiger partial charge in [-0.3, -0.25) is 4.79 Å². The quantitative estimate of drug-likeness (QED) is 0.648. The number of amides is 1. The molecule has 0 saturated carbocycles. The number of nitrogens with zero attached hydrogens (tertiary/aromatic N) is 1. The predicted molar refractivity (Wildman–Crippen MR) is 89.2 cm³/mol. The van der Waals surface area contributed by atoms with Crippen molar-refractivity contribution < 1.29 is 9.53 Å². The Morgan fingerprint density at radius 3 is 2.86 bits per heavy atom. The number of halogens is 1. The fourth-order valence-electron chi connectivity index (χ4n) is 1.70. The maximum Gasteiger partial charge on any atom is 0.277 e. The zero-order valence-electron chi connectivity index (χ0n) is 11.7. The summed E-state index contributed by atoms with van der Waals surface area (Å²) in [6.45, 7) is 3.91. The van der Waals surface area contributed by atoms with E-state index in [-0.39, 0.29) is 12.5 Å². The first-order valence-corrected chi connectivity index (χ1v) is 7.93. The lowest BCUT2D eigenvalue weighted by molar-refractivity contribution is -0.123.